The maximum absolute atomic E-state index is 13.1. The standard InChI is InChI=1S/C17H19BF3NO2/c1-10-8-11-6-7-12(9-13(11)22-14(10)17(19,20)21)18-23-15(2,3)16(4,5)24-18/h6-9H,1-5H3. The third-order valence-electron chi connectivity index (χ3n) is 4.83. The number of hydrogen-bond acceptors (Lipinski definition) is 3. The van der Waals surface area contributed by atoms with E-state index in [2.05, 4.69) is 4.98 Å². The zero-order chi connectivity index (χ0) is 17.9. The van der Waals surface area contributed by atoms with Gasteiger partial charge in [0.2, 0.25) is 0 Å². The average Bonchev–Trinajstić information content (AvgIpc) is 2.65. The van der Waals surface area contributed by atoms with Crippen molar-refractivity contribution >= 4 is 23.5 Å². The predicted octanol–water partition coefficient (Wildman–Crippen LogP) is 3.86. The molecule has 0 radical (unpaired) electrons. The van der Waals surface area contributed by atoms with E-state index in [4.69, 9.17) is 9.31 Å². The van der Waals surface area contributed by atoms with E-state index >= 15 is 0 Å². The summed E-state index contributed by atoms with van der Waals surface area (Å²) in [6.45, 7) is 9.13. The number of pyridine rings is 1. The quantitative estimate of drug-likeness (QED) is 0.741. The lowest BCUT2D eigenvalue weighted by Gasteiger charge is -2.32. The number of alkyl halides is 3. The molecule has 24 heavy (non-hydrogen) atoms. The molecular formula is C17H19BF3NO2. The van der Waals surface area contributed by atoms with Crippen LogP contribution in [0.2, 0.25) is 0 Å². The normalized spacial score (nSPS) is 19.9. The highest BCUT2D eigenvalue weighted by Gasteiger charge is 2.51. The van der Waals surface area contributed by atoms with Gasteiger partial charge in [0.25, 0.3) is 0 Å². The summed E-state index contributed by atoms with van der Waals surface area (Å²) in [5, 5.41) is 0.653. The molecule has 1 saturated heterocycles. The van der Waals surface area contributed by atoms with Crippen molar-refractivity contribution in [3.63, 3.8) is 0 Å². The van der Waals surface area contributed by atoms with Gasteiger partial charge in [-0.2, -0.15) is 13.2 Å². The van der Waals surface area contributed by atoms with Gasteiger partial charge >= 0.3 is 13.3 Å². The third kappa shape index (κ3) is 2.80. The van der Waals surface area contributed by atoms with Gasteiger partial charge in [0, 0.05) is 5.39 Å². The lowest BCUT2D eigenvalue weighted by molar-refractivity contribution is -0.141. The Morgan fingerprint density at radius 1 is 1.00 bits per heavy atom. The van der Waals surface area contributed by atoms with Gasteiger partial charge in [-0.25, -0.2) is 4.98 Å². The second kappa shape index (κ2) is 5.20. The summed E-state index contributed by atoms with van der Waals surface area (Å²) in [6.07, 6.45) is -4.47. The first-order valence-corrected chi connectivity index (χ1v) is 7.75. The molecular weight excluding hydrogens is 318 g/mol. The summed E-state index contributed by atoms with van der Waals surface area (Å²) in [5.74, 6) is 0. The number of hydrogen-bond donors (Lipinski definition) is 0. The molecule has 7 heteroatoms. The molecule has 0 amide bonds. The van der Waals surface area contributed by atoms with E-state index in [1.54, 1.807) is 18.2 Å². The molecule has 128 valence electrons. The second-order valence-electron chi connectivity index (χ2n) is 7.19. The molecule has 1 fully saturated rings. The Morgan fingerprint density at radius 3 is 2.12 bits per heavy atom. The Labute approximate surface area is 139 Å². The van der Waals surface area contributed by atoms with Crippen LogP contribution in [0.4, 0.5) is 13.2 Å². The molecule has 0 bridgehead atoms. The molecule has 1 aliphatic heterocycles. The minimum atomic E-state index is -4.47. The van der Waals surface area contributed by atoms with Crippen molar-refractivity contribution in [2.24, 2.45) is 0 Å². The van der Waals surface area contributed by atoms with E-state index in [0.717, 1.165) is 0 Å². The molecule has 0 unspecified atom stereocenters. The molecule has 1 aliphatic rings. The zero-order valence-corrected chi connectivity index (χ0v) is 14.3. The number of benzene rings is 1. The van der Waals surface area contributed by atoms with Crippen LogP contribution in [0.3, 0.4) is 0 Å². The van der Waals surface area contributed by atoms with Crippen LogP contribution < -0.4 is 5.46 Å². The highest BCUT2D eigenvalue weighted by atomic mass is 19.4. The van der Waals surface area contributed by atoms with Crippen LogP contribution in [0.15, 0.2) is 24.3 Å². The fraction of sp³-hybridized carbons (Fsp3) is 0.471. The van der Waals surface area contributed by atoms with Gasteiger partial charge in [-0.05, 0) is 57.8 Å². The number of fused-ring (bicyclic) bond motifs is 1. The van der Waals surface area contributed by atoms with E-state index in [9.17, 15) is 13.2 Å². The Hall–Kier alpha value is -1.60. The molecule has 0 spiro atoms. The maximum Gasteiger partial charge on any atom is 0.494 e. The van der Waals surface area contributed by atoms with E-state index in [1.807, 2.05) is 27.7 Å². The number of nitrogens with zero attached hydrogens (tertiary/aromatic N) is 1. The fourth-order valence-corrected chi connectivity index (χ4v) is 2.70. The molecule has 3 nitrogen and oxygen atoms in total. The first kappa shape index (κ1) is 17.2. The Bertz CT molecular complexity index is 786. The predicted molar refractivity (Wildman–Crippen MR) is 87.2 cm³/mol. The van der Waals surface area contributed by atoms with Gasteiger partial charge in [0.15, 0.2) is 0 Å². The van der Waals surface area contributed by atoms with E-state index in [-0.39, 0.29) is 11.1 Å². The van der Waals surface area contributed by atoms with Crippen molar-refractivity contribution in [1.29, 1.82) is 0 Å². The lowest BCUT2D eigenvalue weighted by Crippen LogP contribution is -2.41. The van der Waals surface area contributed by atoms with Crippen molar-refractivity contribution in [2.45, 2.75) is 52.0 Å². The minimum Gasteiger partial charge on any atom is -0.399 e. The van der Waals surface area contributed by atoms with Crippen molar-refractivity contribution in [1.82, 2.24) is 4.98 Å². The van der Waals surface area contributed by atoms with Crippen molar-refractivity contribution in [3.05, 3.63) is 35.5 Å². The minimum absolute atomic E-state index is 0.110. The molecule has 2 aromatic rings. The van der Waals surface area contributed by atoms with E-state index in [1.165, 1.54) is 13.0 Å². The van der Waals surface area contributed by atoms with Crippen LogP contribution in [0.5, 0.6) is 0 Å². The van der Waals surface area contributed by atoms with Crippen LogP contribution >= 0.6 is 0 Å². The van der Waals surface area contributed by atoms with Crippen molar-refractivity contribution in [2.75, 3.05) is 0 Å². The fourth-order valence-electron chi connectivity index (χ4n) is 2.70. The summed E-state index contributed by atoms with van der Waals surface area (Å²) in [5.41, 5.74) is -0.834. The smallest absolute Gasteiger partial charge is 0.399 e. The lowest BCUT2D eigenvalue weighted by atomic mass is 9.78. The number of halogens is 3. The summed E-state index contributed by atoms with van der Waals surface area (Å²) < 4.78 is 51.1. The van der Waals surface area contributed by atoms with Gasteiger partial charge in [-0.1, -0.05) is 12.1 Å². The molecule has 1 aromatic heterocycles. The third-order valence-corrected chi connectivity index (χ3v) is 4.83. The number of aryl methyl sites for hydroxylation is 1. The molecule has 1 aromatic carbocycles. The van der Waals surface area contributed by atoms with Gasteiger partial charge in [-0.15, -0.1) is 0 Å². The van der Waals surface area contributed by atoms with E-state index < -0.39 is 30.2 Å². The summed E-state index contributed by atoms with van der Waals surface area (Å²) in [4.78, 5) is 3.81. The highest BCUT2D eigenvalue weighted by molar-refractivity contribution is 6.62. The van der Waals surface area contributed by atoms with Crippen LogP contribution in [0.25, 0.3) is 10.9 Å². The molecule has 0 saturated carbocycles. The highest BCUT2D eigenvalue weighted by Crippen LogP contribution is 2.37. The Kier molecular flexibility index (Phi) is 3.73. The summed E-state index contributed by atoms with van der Waals surface area (Å²) in [7, 11) is -0.628. The average molecular weight is 337 g/mol. The van der Waals surface area contributed by atoms with Gasteiger partial charge in [0.1, 0.15) is 5.69 Å². The first-order valence-electron chi connectivity index (χ1n) is 7.75. The summed E-state index contributed by atoms with van der Waals surface area (Å²) >= 11 is 0. The van der Waals surface area contributed by atoms with Gasteiger partial charge < -0.3 is 9.31 Å². The monoisotopic (exact) mass is 337 g/mol. The van der Waals surface area contributed by atoms with Crippen molar-refractivity contribution in [3.8, 4) is 0 Å². The largest absolute Gasteiger partial charge is 0.494 e. The molecule has 3 rings (SSSR count). The Morgan fingerprint density at radius 2 is 1.58 bits per heavy atom. The molecule has 2 heterocycles. The topological polar surface area (TPSA) is 31.4 Å². The first-order chi connectivity index (χ1) is 10.9. The Balaban J connectivity index is 2.05. The number of rotatable bonds is 1. The molecule has 0 atom stereocenters. The van der Waals surface area contributed by atoms with Crippen LogP contribution in [0, 0.1) is 6.92 Å². The number of aromatic nitrogens is 1. The van der Waals surface area contributed by atoms with Gasteiger partial charge in [-0.3, -0.25) is 0 Å². The van der Waals surface area contributed by atoms with Crippen LogP contribution in [-0.2, 0) is 15.5 Å². The van der Waals surface area contributed by atoms with Gasteiger partial charge in [0.05, 0.1) is 16.7 Å². The molecule has 0 aliphatic carbocycles. The van der Waals surface area contributed by atoms with Crippen LogP contribution in [0.1, 0.15) is 39.0 Å². The molecule has 0 N–H and O–H groups in total. The van der Waals surface area contributed by atoms with Crippen LogP contribution in [-0.4, -0.2) is 23.3 Å². The van der Waals surface area contributed by atoms with E-state index in [0.29, 0.717) is 10.8 Å². The van der Waals surface area contributed by atoms with Crippen molar-refractivity contribution < 1.29 is 22.5 Å². The summed E-state index contributed by atoms with van der Waals surface area (Å²) in [6, 6.07) is 6.65. The maximum atomic E-state index is 13.1. The second-order valence-corrected chi connectivity index (χ2v) is 7.19. The SMILES string of the molecule is Cc1cc2ccc(B3OC(C)(C)C(C)(C)O3)cc2nc1C(F)(F)F. The zero-order valence-electron chi connectivity index (χ0n) is 14.3.